The molecular weight excluding hydrogens is 380 g/mol. The second-order valence-corrected chi connectivity index (χ2v) is 7.13. The number of rotatable bonds is 6. The van der Waals surface area contributed by atoms with Crippen LogP contribution in [0.3, 0.4) is 0 Å². The second-order valence-electron chi connectivity index (χ2n) is 6.09. The van der Waals surface area contributed by atoms with Crippen LogP contribution in [0, 0.1) is 0 Å². The van der Waals surface area contributed by atoms with Gasteiger partial charge in [0.2, 0.25) is 5.91 Å². The third-order valence-electron chi connectivity index (χ3n) is 4.11. The van der Waals surface area contributed by atoms with Crippen LogP contribution >= 0.6 is 11.8 Å². The third kappa shape index (κ3) is 4.64. The number of nitrogens with one attached hydrogen (secondary N) is 1. The minimum atomic E-state index is -0.997. The monoisotopic (exact) mass is 400 g/mol. The number of benzene rings is 2. The van der Waals surface area contributed by atoms with E-state index in [1.165, 1.54) is 23.6 Å². The molecular formula is C20H20N2O5S. The van der Waals surface area contributed by atoms with Crippen LogP contribution in [0.1, 0.15) is 6.92 Å². The maximum Gasteiger partial charge on any atom is 0.317 e. The van der Waals surface area contributed by atoms with Crippen molar-refractivity contribution in [2.45, 2.75) is 17.9 Å². The maximum atomic E-state index is 12.7. The Balaban J connectivity index is 1.57. The fraction of sp³-hybridized carbons (Fsp3) is 0.250. The van der Waals surface area contributed by atoms with E-state index < -0.39 is 18.0 Å². The molecule has 1 aliphatic heterocycles. The lowest BCUT2D eigenvalue weighted by atomic mass is 10.1. The smallest absolute Gasteiger partial charge is 0.317 e. The van der Waals surface area contributed by atoms with Crippen molar-refractivity contribution in [2.24, 2.45) is 0 Å². The Bertz CT molecular complexity index is 884. The molecule has 7 nitrogen and oxygen atoms in total. The highest BCUT2D eigenvalue weighted by Gasteiger charge is 2.31. The van der Waals surface area contributed by atoms with Gasteiger partial charge in [-0.3, -0.25) is 19.3 Å². The summed E-state index contributed by atoms with van der Waals surface area (Å²) in [5, 5.41) is 2.72. The van der Waals surface area contributed by atoms with Gasteiger partial charge in [-0.25, -0.2) is 0 Å². The molecule has 8 heteroatoms. The molecule has 0 aromatic heterocycles. The number of thioether (sulfide) groups is 1. The molecule has 3 rings (SSSR count). The first kappa shape index (κ1) is 19.8. The summed E-state index contributed by atoms with van der Waals surface area (Å²) < 4.78 is 10.4. The van der Waals surface area contributed by atoms with Gasteiger partial charge in [0.15, 0.2) is 6.10 Å². The summed E-state index contributed by atoms with van der Waals surface area (Å²) in [4.78, 5) is 39.0. The van der Waals surface area contributed by atoms with Crippen molar-refractivity contribution in [3.63, 3.8) is 0 Å². The molecule has 1 aliphatic rings. The quantitative estimate of drug-likeness (QED) is 0.593. The van der Waals surface area contributed by atoms with E-state index in [9.17, 15) is 14.4 Å². The molecule has 0 fully saturated rings. The third-order valence-corrected chi connectivity index (χ3v) is 5.09. The van der Waals surface area contributed by atoms with Crippen LogP contribution in [-0.2, 0) is 19.1 Å². The number of esters is 1. The van der Waals surface area contributed by atoms with E-state index in [0.29, 0.717) is 11.4 Å². The molecule has 0 bridgehead atoms. The molecule has 2 aromatic rings. The summed E-state index contributed by atoms with van der Waals surface area (Å²) >= 11 is 1.31. The van der Waals surface area contributed by atoms with Gasteiger partial charge < -0.3 is 14.8 Å². The molecule has 146 valence electrons. The fourth-order valence-electron chi connectivity index (χ4n) is 2.75. The largest absolute Gasteiger partial charge is 0.497 e. The van der Waals surface area contributed by atoms with E-state index in [2.05, 4.69) is 5.32 Å². The van der Waals surface area contributed by atoms with Gasteiger partial charge >= 0.3 is 5.97 Å². The average Bonchev–Trinajstić information content (AvgIpc) is 2.71. The highest BCUT2D eigenvalue weighted by Crippen LogP contribution is 2.29. The number of carbonyl (C=O) groups excluding carboxylic acids is 3. The highest BCUT2D eigenvalue weighted by atomic mass is 32.2. The Hall–Kier alpha value is -3.00. The molecule has 1 N–H and O–H groups in total. The van der Waals surface area contributed by atoms with Crippen LogP contribution < -0.4 is 15.0 Å². The van der Waals surface area contributed by atoms with E-state index in [1.807, 2.05) is 12.1 Å². The van der Waals surface area contributed by atoms with E-state index in [0.717, 1.165) is 10.6 Å². The zero-order chi connectivity index (χ0) is 20.1. The van der Waals surface area contributed by atoms with Crippen molar-refractivity contribution in [1.82, 2.24) is 0 Å². The van der Waals surface area contributed by atoms with Crippen molar-refractivity contribution in [2.75, 3.05) is 29.6 Å². The molecule has 0 spiro atoms. The standard InChI is InChI=1S/C20H20N2O5S/c1-13(27-19(24)12-28-15-9-7-14(26-2)8-10-15)20(25)22-11-18(23)21-16-5-3-4-6-17(16)22/h3-10,13H,11-12H2,1-2H3,(H,21,23)/t13-/m0/s1. The van der Waals surface area contributed by atoms with Gasteiger partial charge in [0.05, 0.1) is 24.2 Å². The van der Waals surface area contributed by atoms with E-state index >= 15 is 0 Å². The van der Waals surface area contributed by atoms with Crippen LogP contribution in [-0.4, -0.2) is 43.3 Å². The summed E-state index contributed by atoms with van der Waals surface area (Å²) in [5.41, 5.74) is 1.14. The molecule has 0 radical (unpaired) electrons. The lowest BCUT2D eigenvalue weighted by Crippen LogP contribution is -2.47. The number of anilines is 2. The molecule has 1 heterocycles. The van der Waals surface area contributed by atoms with Crippen LogP contribution in [0.25, 0.3) is 0 Å². The number of hydrogen-bond acceptors (Lipinski definition) is 6. The lowest BCUT2D eigenvalue weighted by Gasteiger charge is -2.30. The Morgan fingerprint density at radius 2 is 1.89 bits per heavy atom. The second kappa shape index (κ2) is 8.79. The molecule has 0 aliphatic carbocycles. The average molecular weight is 400 g/mol. The minimum absolute atomic E-state index is 0.0705. The van der Waals surface area contributed by atoms with Crippen LogP contribution in [0.5, 0.6) is 5.75 Å². The van der Waals surface area contributed by atoms with E-state index in [1.54, 1.807) is 43.5 Å². The van der Waals surface area contributed by atoms with Crippen LogP contribution in [0.4, 0.5) is 11.4 Å². The SMILES string of the molecule is COc1ccc(SCC(=O)O[C@@H](C)C(=O)N2CC(=O)Nc3ccccc32)cc1. The number of carbonyl (C=O) groups is 3. The number of methoxy groups -OCH3 is 1. The predicted octanol–water partition coefficient (Wildman–Crippen LogP) is 2.70. The molecule has 0 unspecified atom stereocenters. The van der Waals surface area contributed by atoms with Crippen molar-refractivity contribution >= 4 is 40.9 Å². The zero-order valence-electron chi connectivity index (χ0n) is 15.5. The predicted molar refractivity (Wildman–Crippen MR) is 107 cm³/mol. The Morgan fingerprint density at radius 1 is 1.18 bits per heavy atom. The van der Waals surface area contributed by atoms with Crippen molar-refractivity contribution < 1.29 is 23.9 Å². The van der Waals surface area contributed by atoms with Gasteiger partial charge in [0.1, 0.15) is 12.3 Å². The van der Waals surface area contributed by atoms with Crippen molar-refractivity contribution in [3.05, 3.63) is 48.5 Å². The van der Waals surface area contributed by atoms with Gasteiger partial charge in [-0.15, -0.1) is 11.8 Å². The Morgan fingerprint density at radius 3 is 2.61 bits per heavy atom. The first-order chi connectivity index (χ1) is 13.5. The summed E-state index contributed by atoms with van der Waals surface area (Å²) in [6.45, 7) is 1.39. The van der Waals surface area contributed by atoms with Gasteiger partial charge in [0, 0.05) is 4.90 Å². The normalized spacial score (nSPS) is 13.9. The van der Waals surface area contributed by atoms with Gasteiger partial charge in [-0.05, 0) is 43.3 Å². The zero-order valence-corrected chi connectivity index (χ0v) is 16.3. The molecule has 1 atom stereocenters. The van der Waals surface area contributed by atoms with E-state index in [4.69, 9.17) is 9.47 Å². The van der Waals surface area contributed by atoms with Gasteiger partial charge in [-0.1, -0.05) is 12.1 Å². The molecule has 2 amide bonds. The molecule has 0 saturated carbocycles. The first-order valence-corrected chi connectivity index (χ1v) is 9.63. The van der Waals surface area contributed by atoms with Crippen LogP contribution in [0.2, 0.25) is 0 Å². The first-order valence-electron chi connectivity index (χ1n) is 8.64. The Kier molecular flexibility index (Phi) is 6.20. The summed E-state index contributed by atoms with van der Waals surface area (Å²) in [7, 11) is 1.59. The number of amides is 2. The number of fused-ring (bicyclic) bond motifs is 1. The topological polar surface area (TPSA) is 84.9 Å². The van der Waals surface area contributed by atoms with Crippen molar-refractivity contribution in [1.29, 1.82) is 0 Å². The minimum Gasteiger partial charge on any atom is -0.497 e. The van der Waals surface area contributed by atoms with Gasteiger partial charge in [0.25, 0.3) is 5.91 Å². The number of nitrogens with zero attached hydrogens (tertiary/aromatic N) is 1. The fourth-order valence-corrected chi connectivity index (χ4v) is 3.43. The van der Waals surface area contributed by atoms with E-state index in [-0.39, 0.29) is 18.2 Å². The number of hydrogen-bond donors (Lipinski definition) is 1. The molecule has 28 heavy (non-hydrogen) atoms. The number of para-hydroxylation sites is 2. The highest BCUT2D eigenvalue weighted by molar-refractivity contribution is 8.00. The summed E-state index contributed by atoms with van der Waals surface area (Å²) in [5.74, 6) is -0.430. The maximum absolute atomic E-state index is 12.7. The molecule has 0 saturated heterocycles. The number of ether oxygens (including phenoxy) is 2. The van der Waals surface area contributed by atoms with Crippen LogP contribution in [0.15, 0.2) is 53.4 Å². The van der Waals surface area contributed by atoms with Gasteiger partial charge in [-0.2, -0.15) is 0 Å². The summed E-state index contributed by atoms with van der Waals surface area (Å²) in [6.07, 6.45) is -0.997. The molecule has 2 aromatic carbocycles. The Labute approximate surface area is 167 Å². The lowest BCUT2D eigenvalue weighted by molar-refractivity contribution is -0.151. The summed E-state index contributed by atoms with van der Waals surface area (Å²) in [6, 6.07) is 14.3. The van der Waals surface area contributed by atoms with Crippen molar-refractivity contribution in [3.8, 4) is 5.75 Å².